The lowest BCUT2D eigenvalue weighted by atomic mass is 9.93. The summed E-state index contributed by atoms with van der Waals surface area (Å²) in [6.45, 7) is 5.26. The van der Waals surface area contributed by atoms with E-state index in [0.29, 0.717) is 17.1 Å². The summed E-state index contributed by atoms with van der Waals surface area (Å²) in [5.74, 6) is 0.912. The maximum Gasteiger partial charge on any atom is 0.176 e. The number of carbonyl (C=O) groups is 2. The Morgan fingerprint density at radius 2 is 2.00 bits per heavy atom. The van der Waals surface area contributed by atoms with E-state index in [1.807, 2.05) is 0 Å². The molecule has 0 N–H and O–H groups in total. The number of hydrogen-bond donors (Lipinski definition) is 0. The van der Waals surface area contributed by atoms with E-state index in [0.717, 1.165) is 12.8 Å². The molecule has 0 bridgehead atoms. The normalized spacial score (nSPS) is 17.2. The predicted molar refractivity (Wildman–Crippen MR) is 59.4 cm³/mol. The minimum Gasteiger partial charge on any atom is -0.466 e. The van der Waals surface area contributed by atoms with Crippen molar-refractivity contribution in [2.24, 2.45) is 11.8 Å². The zero-order chi connectivity index (χ0) is 11.9. The molecule has 0 spiro atoms. The Bertz CT molecular complexity index is 438. The van der Waals surface area contributed by atoms with Crippen molar-refractivity contribution in [1.29, 1.82) is 0 Å². The van der Waals surface area contributed by atoms with Crippen molar-refractivity contribution in [2.45, 2.75) is 33.6 Å². The molecule has 1 aromatic rings. The molecule has 1 fully saturated rings. The lowest BCUT2D eigenvalue weighted by Crippen LogP contribution is -2.22. The van der Waals surface area contributed by atoms with Crippen LogP contribution in [0, 0.1) is 25.7 Å². The molecule has 0 aliphatic heterocycles. The van der Waals surface area contributed by atoms with Crippen LogP contribution in [0.3, 0.4) is 0 Å². The fourth-order valence-corrected chi connectivity index (χ4v) is 1.96. The Labute approximate surface area is 94.8 Å². The van der Waals surface area contributed by atoms with Gasteiger partial charge in [-0.3, -0.25) is 9.59 Å². The van der Waals surface area contributed by atoms with E-state index in [1.165, 1.54) is 0 Å². The van der Waals surface area contributed by atoms with Gasteiger partial charge in [0.25, 0.3) is 0 Å². The SMILES string of the molecule is Cc1cc(C(=O)C(C)C(=O)C2CC2)c(C)o1. The third-order valence-electron chi connectivity index (χ3n) is 3.11. The number of ketones is 2. The van der Waals surface area contributed by atoms with Crippen molar-refractivity contribution < 1.29 is 14.0 Å². The number of furan rings is 1. The number of hydrogen-bond acceptors (Lipinski definition) is 3. The molecule has 1 atom stereocenters. The largest absolute Gasteiger partial charge is 0.466 e. The van der Waals surface area contributed by atoms with Crippen molar-refractivity contribution >= 4 is 11.6 Å². The average molecular weight is 220 g/mol. The summed E-state index contributed by atoms with van der Waals surface area (Å²) in [7, 11) is 0. The summed E-state index contributed by atoms with van der Waals surface area (Å²) in [6.07, 6.45) is 1.89. The summed E-state index contributed by atoms with van der Waals surface area (Å²) in [5.41, 5.74) is 0.555. The Balaban J connectivity index is 2.17. The third-order valence-corrected chi connectivity index (χ3v) is 3.11. The van der Waals surface area contributed by atoms with E-state index < -0.39 is 5.92 Å². The number of carbonyl (C=O) groups excluding carboxylic acids is 2. The fraction of sp³-hybridized carbons (Fsp3) is 0.538. The molecular formula is C13H16O3. The molecule has 0 amide bonds. The van der Waals surface area contributed by atoms with Gasteiger partial charge in [-0.05, 0) is 39.7 Å². The molecule has 1 saturated carbocycles. The Kier molecular flexibility index (Phi) is 2.70. The summed E-state index contributed by atoms with van der Waals surface area (Å²) < 4.78 is 5.31. The van der Waals surface area contributed by atoms with Crippen molar-refractivity contribution in [3.8, 4) is 0 Å². The van der Waals surface area contributed by atoms with Gasteiger partial charge in [-0.1, -0.05) is 0 Å². The lowest BCUT2D eigenvalue weighted by molar-refractivity contribution is -0.122. The topological polar surface area (TPSA) is 47.3 Å². The van der Waals surface area contributed by atoms with Gasteiger partial charge in [-0.15, -0.1) is 0 Å². The van der Waals surface area contributed by atoms with Crippen LogP contribution in [0.25, 0.3) is 0 Å². The molecule has 0 radical (unpaired) electrons. The molecule has 0 saturated heterocycles. The minimum atomic E-state index is -0.525. The van der Waals surface area contributed by atoms with Gasteiger partial charge in [0.05, 0.1) is 11.5 Å². The Hall–Kier alpha value is -1.38. The van der Waals surface area contributed by atoms with E-state index in [1.54, 1.807) is 26.8 Å². The first-order chi connectivity index (χ1) is 7.50. The quantitative estimate of drug-likeness (QED) is 0.579. The maximum absolute atomic E-state index is 12.1. The second kappa shape index (κ2) is 3.89. The lowest BCUT2D eigenvalue weighted by Gasteiger charge is -2.07. The van der Waals surface area contributed by atoms with Crippen LogP contribution < -0.4 is 0 Å². The highest BCUT2D eigenvalue weighted by Crippen LogP contribution is 2.33. The molecule has 1 aliphatic rings. The van der Waals surface area contributed by atoms with Gasteiger partial charge in [-0.25, -0.2) is 0 Å². The highest BCUT2D eigenvalue weighted by atomic mass is 16.3. The molecule has 1 unspecified atom stereocenters. The molecule has 3 heteroatoms. The first-order valence-corrected chi connectivity index (χ1v) is 5.65. The minimum absolute atomic E-state index is 0.0863. The summed E-state index contributed by atoms with van der Waals surface area (Å²) in [4.78, 5) is 23.9. The Morgan fingerprint density at radius 3 is 2.44 bits per heavy atom. The van der Waals surface area contributed by atoms with Gasteiger partial charge in [0.2, 0.25) is 0 Å². The van der Waals surface area contributed by atoms with Crippen LogP contribution in [0.5, 0.6) is 0 Å². The third kappa shape index (κ3) is 1.94. The van der Waals surface area contributed by atoms with Crippen LogP contribution in [0.4, 0.5) is 0 Å². The number of rotatable bonds is 4. The van der Waals surface area contributed by atoms with Crippen LogP contribution in [0.1, 0.15) is 41.6 Å². The van der Waals surface area contributed by atoms with Gasteiger partial charge < -0.3 is 4.42 Å². The first kappa shape index (κ1) is 11.1. The van der Waals surface area contributed by atoms with Gasteiger partial charge in [0.1, 0.15) is 17.3 Å². The Morgan fingerprint density at radius 1 is 1.38 bits per heavy atom. The van der Waals surface area contributed by atoms with Crippen LogP contribution in [-0.4, -0.2) is 11.6 Å². The van der Waals surface area contributed by atoms with Crippen LogP contribution in [0.15, 0.2) is 10.5 Å². The summed E-state index contributed by atoms with van der Waals surface area (Å²) in [5, 5.41) is 0. The van der Waals surface area contributed by atoms with Crippen molar-refractivity contribution in [1.82, 2.24) is 0 Å². The average Bonchev–Trinajstić information content (AvgIpc) is 3.02. The predicted octanol–water partition coefficient (Wildman–Crippen LogP) is 2.69. The monoisotopic (exact) mass is 220 g/mol. The van der Waals surface area contributed by atoms with Crippen LogP contribution in [-0.2, 0) is 4.79 Å². The van der Waals surface area contributed by atoms with Crippen LogP contribution in [0.2, 0.25) is 0 Å². The summed E-state index contributed by atoms with van der Waals surface area (Å²) >= 11 is 0. The highest BCUT2D eigenvalue weighted by Gasteiger charge is 2.36. The second-order valence-corrected chi connectivity index (χ2v) is 4.59. The smallest absolute Gasteiger partial charge is 0.176 e. The van der Waals surface area contributed by atoms with Gasteiger partial charge in [0, 0.05) is 5.92 Å². The van der Waals surface area contributed by atoms with Gasteiger partial charge in [-0.2, -0.15) is 0 Å². The van der Waals surface area contributed by atoms with Crippen molar-refractivity contribution in [3.63, 3.8) is 0 Å². The molecule has 0 aromatic carbocycles. The van der Waals surface area contributed by atoms with E-state index in [-0.39, 0.29) is 17.5 Å². The van der Waals surface area contributed by atoms with Gasteiger partial charge >= 0.3 is 0 Å². The summed E-state index contributed by atoms with van der Waals surface area (Å²) in [6, 6.07) is 1.72. The maximum atomic E-state index is 12.1. The van der Waals surface area contributed by atoms with E-state index >= 15 is 0 Å². The highest BCUT2D eigenvalue weighted by molar-refractivity contribution is 6.11. The van der Waals surface area contributed by atoms with Crippen LogP contribution >= 0.6 is 0 Å². The first-order valence-electron chi connectivity index (χ1n) is 5.65. The van der Waals surface area contributed by atoms with Crippen molar-refractivity contribution in [3.05, 3.63) is 23.2 Å². The standard InChI is InChI=1S/C13H16O3/c1-7-6-11(9(3)16-7)13(15)8(2)12(14)10-4-5-10/h6,8,10H,4-5H2,1-3H3. The van der Waals surface area contributed by atoms with E-state index in [2.05, 4.69) is 0 Å². The van der Waals surface area contributed by atoms with E-state index in [4.69, 9.17) is 4.42 Å². The van der Waals surface area contributed by atoms with E-state index in [9.17, 15) is 9.59 Å². The van der Waals surface area contributed by atoms with Gasteiger partial charge in [0.15, 0.2) is 5.78 Å². The molecule has 1 aromatic heterocycles. The molecular weight excluding hydrogens is 204 g/mol. The second-order valence-electron chi connectivity index (χ2n) is 4.59. The molecule has 1 heterocycles. The molecule has 2 rings (SSSR count). The molecule has 1 aliphatic carbocycles. The fourth-order valence-electron chi connectivity index (χ4n) is 1.96. The zero-order valence-electron chi connectivity index (χ0n) is 9.87. The zero-order valence-corrected chi connectivity index (χ0v) is 9.87. The molecule has 86 valence electrons. The molecule has 3 nitrogen and oxygen atoms in total. The van der Waals surface area contributed by atoms with Crippen molar-refractivity contribution in [2.75, 3.05) is 0 Å². The molecule has 16 heavy (non-hydrogen) atoms. The number of aryl methyl sites for hydroxylation is 2. The number of Topliss-reactive ketones (excluding diaryl/α,β-unsaturated/α-hetero) is 2.